The molecule has 0 aliphatic rings. The van der Waals surface area contributed by atoms with Crippen LogP contribution < -0.4 is 10.1 Å². The molecule has 0 saturated carbocycles. The molecule has 10 heteroatoms. The van der Waals surface area contributed by atoms with Crippen molar-refractivity contribution in [2.75, 3.05) is 13.2 Å². The number of rotatable bonds is 5. The van der Waals surface area contributed by atoms with Crippen LogP contribution in [-0.4, -0.2) is 24.4 Å². The highest BCUT2D eigenvalue weighted by molar-refractivity contribution is 8.45. The molecule has 0 radical (unpaired) electrons. The summed E-state index contributed by atoms with van der Waals surface area (Å²) < 4.78 is 66.7. The quantitative estimate of drug-likeness (QED) is 0.639. The second-order valence-corrected chi connectivity index (χ2v) is 5.93. The Hall–Kier alpha value is -1.71. The lowest BCUT2D eigenvalue weighted by Crippen LogP contribution is -2.26. The van der Waals surface area contributed by atoms with Gasteiger partial charge in [-0.2, -0.15) is 0 Å². The van der Waals surface area contributed by atoms with Gasteiger partial charge in [0.15, 0.2) is 0 Å². The molecule has 1 aromatic carbocycles. The number of ether oxygens (including phenoxy) is 1. The molecule has 0 unspecified atom stereocenters. The van der Waals surface area contributed by atoms with Crippen molar-refractivity contribution < 1.29 is 34.1 Å². The molecule has 2 N–H and O–H groups in total. The first kappa shape index (κ1) is 15.3. The topological polar surface area (TPSA) is 58.6 Å². The lowest BCUT2D eigenvalue weighted by molar-refractivity contribution is 0.191. The predicted molar refractivity (Wildman–Crippen MR) is 59.4 cm³/mol. The molecule has 0 aromatic heterocycles. The maximum absolute atomic E-state index is 12.4. The molecule has 0 fully saturated rings. The third kappa shape index (κ3) is 5.20. The first-order chi connectivity index (χ1) is 8.38. The lowest BCUT2D eigenvalue weighted by atomic mass is 10.3. The molecule has 1 amide bonds. The third-order valence-corrected chi connectivity index (χ3v) is 3.08. The van der Waals surface area contributed by atoms with Crippen LogP contribution >= 0.6 is 10.2 Å². The smallest absolute Gasteiger partial charge is 0.404 e. The lowest BCUT2D eigenvalue weighted by Gasteiger charge is -2.40. The Labute approximate surface area is 104 Å². The number of nitrogens with one attached hydrogen (secondary N) is 1. The molecule has 19 heavy (non-hydrogen) atoms. The van der Waals surface area contributed by atoms with Crippen LogP contribution in [-0.2, 0) is 0 Å². The summed E-state index contributed by atoms with van der Waals surface area (Å²) in [6, 6.07) is 1.94. The van der Waals surface area contributed by atoms with E-state index in [0.717, 1.165) is 12.1 Å². The number of hydrogen-bond donors (Lipinski definition) is 2. The standard InChI is InChI=1S/C9H10F5NO3S/c10-19(11,12,13,14)8-3-1-7(2-4-8)18-6-5-15-9(16)17/h1-4,15H,5-6H2,(H,16,17). The van der Waals surface area contributed by atoms with Crippen molar-refractivity contribution >= 4 is 16.3 Å². The van der Waals surface area contributed by atoms with E-state index < -0.39 is 21.2 Å². The van der Waals surface area contributed by atoms with Crippen molar-refractivity contribution in [3.8, 4) is 5.75 Å². The van der Waals surface area contributed by atoms with Crippen molar-refractivity contribution in [2.45, 2.75) is 4.90 Å². The summed E-state index contributed by atoms with van der Waals surface area (Å²) in [4.78, 5) is 8.06. The summed E-state index contributed by atoms with van der Waals surface area (Å²) >= 11 is 0. The van der Waals surface area contributed by atoms with E-state index >= 15 is 0 Å². The van der Waals surface area contributed by atoms with Crippen molar-refractivity contribution in [2.24, 2.45) is 0 Å². The summed E-state index contributed by atoms with van der Waals surface area (Å²) in [5.74, 6) is -0.0715. The van der Waals surface area contributed by atoms with Crippen LogP contribution in [0.1, 0.15) is 0 Å². The Balaban J connectivity index is 2.66. The molecule has 0 saturated heterocycles. The Morgan fingerprint density at radius 3 is 2.11 bits per heavy atom. The molecule has 0 atom stereocenters. The Bertz CT molecular complexity index is 472. The van der Waals surface area contributed by atoms with Gasteiger partial charge in [0, 0.05) is 0 Å². The Morgan fingerprint density at radius 1 is 1.16 bits per heavy atom. The van der Waals surface area contributed by atoms with Crippen molar-refractivity contribution in [1.29, 1.82) is 0 Å². The molecule has 0 heterocycles. The van der Waals surface area contributed by atoms with Gasteiger partial charge in [-0.15, -0.1) is 0 Å². The summed E-state index contributed by atoms with van der Waals surface area (Å²) in [7, 11) is -9.66. The monoisotopic (exact) mass is 307 g/mol. The van der Waals surface area contributed by atoms with Crippen LogP contribution in [0.4, 0.5) is 24.2 Å². The molecular formula is C9H10F5NO3S. The highest BCUT2D eigenvalue weighted by Crippen LogP contribution is 3.02. The second kappa shape index (κ2) is 4.15. The van der Waals surface area contributed by atoms with E-state index in [0.29, 0.717) is 0 Å². The van der Waals surface area contributed by atoms with E-state index in [1.807, 2.05) is 5.32 Å². The van der Waals surface area contributed by atoms with Gasteiger partial charge in [0.25, 0.3) is 0 Å². The van der Waals surface area contributed by atoms with E-state index in [4.69, 9.17) is 9.84 Å². The number of halogens is 5. The maximum Gasteiger partial charge on any atom is 0.404 e. The fourth-order valence-electron chi connectivity index (χ4n) is 1.12. The van der Waals surface area contributed by atoms with Crippen molar-refractivity contribution in [3.63, 3.8) is 0 Å². The zero-order valence-corrected chi connectivity index (χ0v) is 10.1. The van der Waals surface area contributed by atoms with Gasteiger partial charge >= 0.3 is 16.3 Å². The first-order valence-electron chi connectivity index (χ1n) is 4.82. The molecule has 1 aromatic rings. The highest BCUT2D eigenvalue weighted by Gasteiger charge is 2.65. The zero-order valence-electron chi connectivity index (χ0n) is 9.29. The third-order valence-electron chi connectivity index (χ3n) is 1.92. The Morgan fingerprint density at radius 2 is 1.68 bits per heavy atom. The van der Waals surface area contributed by atoms with Gasteiger partial charge in [-0.05, 0) is 24.3 Å². The number of amides is 1. The number of hydrogen-bond acceptors (Lipinski definition) is 2. The van der Waals surface area contributed by atoms with E-state index in [-0.39, 0.29) is 31.0 Å². The average molecular weight is 307 g/mol. The number of benzene rings is 1. The van der Waals surface area contributed by atoms with Crippen LogP contribution in [0.3, 0.4) is 0 Å². The minimum Gasteiger partial charge on any atom is -0.492 e. The van der Waals surface area contributed by atoms with Crippen LogP contribution in [0, 0.1) is 0 Å². The number of carboxylic acid groups (broad SMARTS) is 1. The Kier molecular flexibility index (Phi) is 3.35. The summed E-state index contributed by atoms with van der Waals surface area (Å²) in [5, 5.41) is 10.2. The van der Waals surface area contributed by atoms with Gasteiger partial charge in [0.05, 0.1) is 6.54 Å². The van der Waals surface area contributed by atoms with Gasteiger partial charge < -0.3 is 15.2 Å². The van der Waals surface area contributed by atoms with E-state index in [1.54, 1.807) is 0 Å². The molecule has 1 rings (SSSR count). The number of carbonyl (C=O) groups is 1. The second-order valence-electron chi connectivity index (χ2n) is 3.52. The van der Waals surface area contributed by atoms with Crippen LogP contribution in [0.15, 0.2) is 29.2 Å². The van der Waals surface area contributed by atoms with Gasteiger partial charge in [0.2, 0.25) is 0 Å². The molecule has 0 spiro atoms. The predicted octanol–water partition coefficient (Wildman–Crippen LogP) is 3.99. The fraction of sp³-hybridized carbons (Fsp3) is 0.222. The van der Waals surface area contributed by atoms with Crippen molar-refractivity contribution in [1.82, 2.24) is 5.32 Å². The first-order valence-corrected chi connectivity index (χ1v) is 6.77. The van der Waals surface area contributed by atoms with Crippen LogP contribution in [0.5, 0.6) is 5.75 Å². The summed E-state index contributed by atoms with van der Waals surface area (Å²) in [6.45, 7) is -0.222. The maximum atomic E-state index is 12.4. The van der Waals surface area contributed by atoms with Crippen LogP contribution in [0.2, 0.25) is 0 Å². The minimum atomic E-state index is -9.66. The molecule has 0 aliphatic heterocycles. The van der Waals surface area contributed by atoms with Crippen molar-refractivity contribution in [3.05, 3.63) is 24.3 Å². The van der Waals surface area contributed by atoms with Crippen LogP contribution in [0.25, 0.3) is 0 Å². The normalized spacial score (nSPS) is 15.2. The molecule has 0 bridgehead atoms. The van der Waals surface area contributed by atoms with E-state index in [2.05, 4.69) is 0 Å². The van der Waals surface area contributed by atoms with Gasteiger partial charge in [-0.3, -0.25) is 0 Å². The molecule has 110 valence electrons. The molecular weight excluding hydrogens is 297 g/mol. The SMILES string of the molecule is O=C(O)NCCOc1ccc(S(F)(F)(F)(F)F)cc1. The summed E-state index contributed by atoms with van der Waals surface area (Å²) in [6.07, 6.45) is -1.28. The largest absolute Gasteiger partial charge is 0.492 e. The zero-order chi connectivity index (χ0) is 14.8. The van der Waals surface area contributed by atoms with Gasteiger partial charge in [0.1, 0.15) is 17.3 Å². The molecule has 0 aliphatic carbocycles. The average Bonchev–Trinajstić information content (AvgIpc) is 2.21. The van der Waals surface area contributed by atoms with Gasteiger partial charge in [-0.1, -0.05) is 19.4 Å². The van der Waals surface area contributed by atoms with Gasteiger partial charge in [-0.25, -0.2) is 4.79 Å². The minimum absolute atomic E-state index is 0.0715. The highest BCUT2D eigenvalue weighted by atomic mass is 32.5. The van der Waals surface area contributed by atoms with E-state index in [9.17, 15) is 24.2 Å². The fourth-order valence-corrected chi connectivity index (χ4v) is 1.77. The summed E-state index contributed by atoms with van der Waals surface area (Å²) in [5.41, 5.74) is 0. The van der Waals surface area contributed by atoms with E-state index in [1.165, 1.54) is 0 Å². The molecule has 4 nitrogen and oxygen atoms in total.